The van der Waals surface area contributed by atoms with Gasteiger partial charge in [0.2, 0.25) is 0 Å². The van der Waals surface area contributed by atoms with Gasteiger partial charge in [-0.05, 0) is 24.1 Å². The van der Waals surface area contributed by atoms with Crippen molar-refractivity contribution in [2.24, 2.45) is 7.05 Å². The Morgan fingerprint density at radius 3 is 2.68 bits per heavy atom. The van der Waals surface area contributed by atoms with Crippen molar-refractivity contribution in [1.29, 1.82) is 0 Å². The normalized spacial score (nSPS) is 11.3. The lowest BCUT2D eigenvalue weighted by Gasteiger charge is -2.09. The van der Waals surface area contributed by atoms with Crippen LogP contribution >= 0.6 is 0 Å². The minimum absolute atomic E-state index is 0.0152. The van der Waals surface area contributed by atoms with Crippen molar-refractivity contribution in [3.8, 4) is 5.75 Å². The second-order valence-corrected chi connectivity index (χ2v) is 6.08. The number of rotatable bonds is 4. The number of fused-ring (bicyclic) bond motifs is 3. The zero-order valence-corrected chi connectivity index (χ0v) is 14.3. The topological polar surface area (TPSA) is 49.0 Å². The summed E-state index contributed by atoms with van der Waals surface area (Å²) >= 11 is 0. The fourth-order valence-corrected chi connectivity index (χ4v) is 3.37. The highest BCUT2D eigenvalue weighted by Gasteiger charge is 2.14. The summed E-state index contributed by atoms with van der Waals surface area (Å²) in [6.45, 7) is 0.559. The van der Waals surface area contributed by atoms with Crippen LogP contribution in [0.4, 0.5) is 0 Å². The van der Waals surface area contributed by atoms with E-state index in [2.05, 4.69) is 4.98 Å². The summed E-state index contributed by atoms with van der Waals surface area (Å²) in [4.78, 5) is 17.5. The molecule has 0 aliphatic rings. The largest absolute Gasteiger partial charge is 0.496 e. The fourth-order valence-electron chi connectivity index (χ4n) is 3.37. The number of hydrogen-bond donors (Lipinski definition) is 0. The second-order valence-electron chi connectivity index (χ2n) is 6.08. The third-order valence-corrected chi connectivity index (χ3v) is 4.68. The Hall–Kier alpha value is -3.08. The van der Waals surface area contributed by atoms with Gasteiger partial charge in [-0.15, -0.1) is 0 Å². The van der Waals surface area contributed by atoms with Crippen LogP contribution in [0.1, 0.15) is 5.56 Å². The van der Waals surface area contributed by atoms with Gasteiger partial charge in [0.1, 0.15) is 16.8 Å². The lowest BCUT2D eigenvalue weighted by atomic mass is 10.1. The van der Waals surface area contributed by atoms with Gasteiger partial charge in [0.25, 0.3) is 5.56 Å². The molecule has 25 heavy (non-hydrogen) atoms. The molecule has 0 spiro atoms. The molecule has 0 radical (unpaired) electrons. The molecule has 2 heterocycles. The molecule has 0 aliphatic carbocycles. The van der Waals surface area contributed by atoms with Crippen molar-refractivity contribution in [3.05, 3.63) is 70.8 Å². The van der Waals surface area contributed by atoms with Gasteiger partial charge < -0.3 is 9.30 Å². The molecule has 0 unspecified atom stereocenters. The molecule has 0 saturated heterocycles. The molecule has 2 aromatic heterocycles. The molecule has 0 atom stereocenters. The van der Waals surface area contributed by atoms with Gasteiger partial charge >= 0.3 is 0 Å². The molecule has 0 amide bonds. The zero-order chi connectivity index (χ0) is 17.4. The molecule has 0 fully saturated rings. The molecule has 4 rings (SSSR count). The van der Waals surface area contributed by atoms with Crippen molar-refractivity contribution in [1.82, 2.24) is 14.1 Å². The van der Waals surface area contributed by atoms with E-state index in [-0.39, 0.29) is 5.56 Å². The van der Waals surface area contributed by atoms with E-state index in [9.17, 15) is 4.79 Å². The summed E-state index contributed by atoms with van der Waals surface area (Å²) in [6, 6.07) is 15.8. The number of nitrogens with zero attached hydrogens (tertiary/aromatic N) is 3. The standard InChI is InChI=1S/C20H19N3O2/c1-22-16-9-5-4-8-15(16)18-19(22)20(24)23(13-21-18)12-11-14-7-3-6-10-17(14)25-2/h3-10,13H,11-12H2,1-2H3. The average molecular weight is 333 g/mol. The average Bonchev–Trinajstić information content (AvgIpc) is 2.95. The molecule has 126 valence electrons. The first kappa shape index (κ1) is 15.4. The van der Waals surface area contributed by atoms with E-state index < -0.39 is 0 Å². The minimum atomic E-state index is -0.0152. The van der Waals surface area contributed by atoms with Crippen LogP contribution in [0.3, 0.4) is 0 Å². The minimum Gasteiger partial charge on any atom is -0.496 e. The zero-order valence-electron chi connectivity index (χ0n) is 14.3. The lowest BCUT2D eigenvalue weighted by molar-refractivity contribution is 0.408. The number of methoxy groups -OCH3 is 1. The van der Waals surface area contributed by atoms with Crippen LogP contribution in [-0.4, -0.2) is 21.2 Å². The maximum atomic E-state index is 13.0. The highest BCUT2D eigenvalue weighted by Crippen LogP contribution is 2.24. The second kappa shape index (κ2) is 6.09. The van der Waals surface area contributed by atoms with Gasteiger partial charge in [0.15, 0.2) is 0 Å². The first-order chi connectivity index (χ1) is 12.2. The Kier molecular flexibility index (Phi) is 3.76. The maximum absolute atomic E-state index is 13.0. The van der Waals surface area contributed by atoms with Gasteiger partial charge in [0.05, 0.1) is 19.0 Å². The van der Waals surface area contributed by atoms with E-state index in [1.807, 2.05) is 60.1 Å². The quantitative estimate of drug-likeness (QED) is 0.576. The Bertz CT molecular complexity index is 1120. The molecule has 2 aromatic carbocycles. The Morgan fingerprint density at radius 1 is 1.08 bits per heavy atom. The van der Waals surface area contributed by atoms with Crippen molar-refractivity contribution in [3.63, 3.8) is 0 Å². The fraction of sp³-hybridized carbons (Fsp3) is 0.200. The summed E-state index contributed by atoms with van der Waals surface area (Å²) in [5, 5.41) is 1.01. The monoisotopic (exact) mass is 333 g/mol. The molecule has 0 bridgehead atoms. The van der Waals surface area contributed by atoms with Crippen molar-refractivity contribution < 1.29 is 4.74 Å². The molecule has 0 saturated carbocycles. The van der Waals surface area contributed by atoms with Crippen LogP contribution < -0.4 is 10.3 Å². The van der Waals surface area contributed by atoms with E-state index in [4.69, 9.17) is 4.74 Å². The molecular weight excluding hydrogens is 314 g/mol. The number of hydrogen-bond acceptors (Lipinski definition) is 3. The first-order valence-electron chi connectivity index (χ1n) is 8.25. The number of benzene rings is 2. The molecule has 4 aromatic rings. The summed E-state index contributed by atoms with van der Waals surface area (Å²) in [5.41, 5.74) is 3.48. The van der Waals surface area contributed by atoms with E-state index >= 15 is 0 Å². The van der Waals surface area contributed by atoms with E-state index in [0.717, 1.165) is 27.7 Å². The number of para-hydroxylation sites is 2. The van der Waals surface area contributed by atoms with Gasteiger partial charge in [-0.1, -0.05) is 36.4 Å². The Balaban J connectivity index is 1.76. The summed E-state index contributed by atoms with van der Waals surface area (Å²) in [6.07, 6.45) is 2.35. The van der Waals surface area contributed by atoms with Gasteiger partial charge in [0, 0.05) is 19.0 Å². The van der Waals surface area contributed by atoms with E-state index in [0.29, 0.717) is 18.5 Å². The maximum Gasteiger partial charge on any atom is 0.277 e. The first-order valence-corrected chi connectivity index (χ1v) is 8.25. The van der Waals surface area contributed by atoms with Gasteiger partial charge in [-0.3, -0.25) is 9.36 Å². The highest BCUT2D eigenvalue weighted by atomic mass is 16.5. The summed E-state index contributed by atoms with van der Waals surface area (Å²) in [7, 11) is 3.58. The highest BCUT2D eigenvalue weighted by molar-refractivity contribution is 6.05. The van der Waals surface area contributed by atoms with Crippen molar-refractivity contribution in [2.45, 2.75) is 13.0 Å². The predicted octanol–water partition coefficient (Wildman–Crippen LogP) is 3.14. The predicted molar refractivity (Wildman–Crippen MR) is 99.2 cm³/mol. The van der Waals surface area contributed by atoms with Crippen LogP contribution in [0, 0.1) is 0 Å². The molecule has 0 aliphatic heterocycles. The smallest absolute Gasteiger partial charge is 0.277 e. The molecular formula is C20H19N3O2. The van der Waals surface area contributed by atoms with Gasteiger partial charge in [-0.25, -0.2) is 4.98 Å². The van der Waals surface area contributed by atoms with Crippen LogP contribution in [-0.2, 0) is 20.0 Å². The van der Waals surface area contributed by atoms with Crippen molar-refractivity contribution in [2.75, 3.05) is 7.11 Å². The summed E-state index contributed by atoms with van der Waals surface area (Å²) in [5.74, 6) is 0.842. The lowest BCUT2D eigenvalue weighted by Crippen LogP contribution is -2.23. The van der Waals surface area contributed by atoms with Gasteiger partial charge in [-0.2, -0.15) is 0 Å². The molecule has 0 N–H and O–H groups in total. The molecule has 5 heteroatoms. The van der Waals surface area contributed by atoms with Crippen LogP contribution in [0.25, 0.3) is 21.9 Å². The van der Waals surface area contributed by atoms with Crippen molar-refractivity contribution >= 4 is 21.9 Å². The number of aromatic nitrogens is 3. The van der Waals surface area contributed by atoms with Crippen LogP contribution in [0.15, 0.2) is 59.7 Å². The Labute approximate surface area is 145 Å². The molecule has 5 nitrogen and oxygen atoms in total. The SMILES string of the molecule is COc1ccccc1CCn1cnc2c3ccccc3n(C)c2c1=O. The third-order valence-electron chi connectivity index (χ3n) is 4.68. The number of ether oxygens (including phenoxy) is 1. The van der Waals surface area contributed by atoms with Crippen LogP contribution in [0.5, 0.6) is 5.75 Å². The third kappa shape index (κ3) is 2.48. The Morgan fingerprint density at radius 2 is 1.84 bits per heavy atom. The summed E-state index contributed by atoms with van der Waals surface area (Å²) < 4.78 is 8.99. The number of aryl methyl sites for hydroxylation is 3. The van der Waals surface area contributed by atoms with E-state index in [1.54, 1.807) is 18.0 Å². The van der Waals surface area contributed by atoms with E-state index in [1.165, 1.54) is 0 Å². The van der Waals surface area contributed by atoms with Crippen LogP contribution in [0.2, 0.25) is 0 Å².